The minimum Gasteiger partial charge on any atom is -0.497 e. The largest absolute Gasteiger partial charge is 0.497 e. The fourth-order valence-electron chi connectivity index (χ4n) is 1.67. The van der Waals surface area contributed by atoms with Gasteiger partial charge in [0.2, 0.25) is 0 Å². The minimum atomic E-state index is -0.0394. The summed E-state index contributed by atoms with van der Waals surface area (Å²) in [4.78, 5) is 0. The Balaban J connectivity index is 2.22. The zero-order chi connectivity index (χ0) is 13.0. The van der Waals surface area contributed by atoms with Crippen molar-refractivity contribution in [3.05, 3.63) is 42.1 Å². The van der Waals surface area contributed by atoms with E-state index in [2.05, 4.69) is 10.2 Å². The van der Waals surface area contributed by atoms with Crippen LogP contribution in [0, 0.1) is 0 Å². The Kier molecular flexibility index (Phi) is 3.89. The van der Waals surface area contributed by atoms with E-state index < -0.39 is 0 Å². The Morgan fingerprint density at radius 3 is 2.33 bits per heavy atom. The topological polar surface area (TPSA) is 61.0 Å². The van der Waals surface area contributed by atoms with E-state index in [4.69, 9.17) is 10.5 Å². The molecular formula is C14H17N3O. The lowest BCUT2D eigenvalue weighted by atomic mass is 10.1. The van der Waals surface area contributed by atoms with Gasteiger partial charge >= 0.3 is 0 Å². The highest BCUT2D eigenvalue weighted by molar-refractivity contribution is 5.59. The standard InChI is InChI=1S/C14H17N3O/c1-3-12(15)14-9-8-13(16-17-14)10-4-6-11(18-2)7-5-10/h4-9,12H,3,15H2,1-2H3. The smallest absolute Gasteiger partial charge is 0.118 e. The lowest BCUT2D eigenvalue weighted by Crippen LogP contribution is -2.11. The second kappa shape index (κ2) is 5.60. The van der Waals surface area contributed by atoms with Crippen LogP contribution >= 0.6 is 0 Å². The quantitative estimate of drug-likeness (QED) is 0.896. The molecule has 4 heteroatoms. The predicted octanol–water partition coefficient (Wildman–Crippen LogP) is 2.56. The molecule has 1 unspecified atom stereocenters. The first-order chi connectivity index (χ1) is 8.74. The van der Waals surface area contributed by atoms with Gasteiger partial charge in [0.15, 0.2) is 0 Å². The Labute approximate surface area is 107 Å². The summed E-state index contributed by atoms with van der Waals surface area (Å²) < 4.78 is 5.12. The van der Waals surface area contributed by atoms with Gasteiger partial charge < -0.3 is 10.5 Å². The fraction of sp³-hybridized carbons (Fsp3) is 0.286. The zero-order valence-electron chi connectivity index (χ0n) is 10.6. The molecule has 0 aliphatic carbocycles. The average Bonchev–Trinajstić information content (AvgIpc) is 2.47. The Morgan fingerprint density at radius 1 is 1.11 bits per heavy atom. The monoisotopic (exact) mass is 243 g/mol. The van der Waals surface area contributed by atoms with E-state index in [9.17, 15) is 0 Å². The van der Waals surface area contributed by atoms with Gasteiger partial charge in [-0.15, -0.1) is 0 Å². The molecular weight excluding hydrogens is 226 g/mol. The molecule has 0 radical (unpaired) electrons. The lowest BCUT2D eigenvalue weighted by Gasteiger charge is -2.08. The third-order valence-corrected chi connectivity index (χ3v) is 2.89. The van der Waals surface area contributed by atoms with Gasteiger partial charge in [0.1, 0.15) is 5.75 Å². The number of hydrogen-bond acceptors (Lipinski definition) is 4. The molecule has 2 N–H and O–H groups in total. The van der Waals surface area contributed by atoms with Crippen molar-refractivity contribution in [2.75, 3.05) is 7.11 Å². The van der Waals surface area contributed by atoms with Crippen LogP contribution in [-0.4, -0.2) is 17.3 Å². The summed E-state index contributed by atoms with van der Waals surface area (Å²) in [5.74, 6) is 0.830. The van der Waals surface area contributed by atoms with E-state index in [1.807, 2.05) is 43.3 Å². The van der Waals surface area contributed by atoms with Crippen LogP contribution in [-0.2, 0) is 0 Å². The van der Waals surface area contributed by atoms with E-state index in [1.165, 1.54) is 0 Å². The first kappa shape index (κ1) is 12.5. The third kappa shape index (κ3) is 2.65. The van der Waals surface area contributed by atoms with Crippen molar-refractivity contribution in [3.63, 3.8) is 0 Å². The molecule has 2 aromatic rings. The summed E-state index contributed by atoms with van der Waals surface area (Å²) in [6.45, 7) is 2.03. The van der Waals surface area contributed by atoms with E-state index in [0.717, 1.165) is 29.1 Å². The predicted molar refractivity (Wildman–Crippen MR) is 71.2 cm³/mol. The second-order valence-corrected chi connectivity index (χ2v) is 4.09. The van der Waals surface area contributed by atoms with Gasteiger partial charge in [-0.25, -0.2) is 0 Å². The van der Waals surface area contributed by atoms with Gasteiger partial charge in [0.25, 0.3) is 0 Å². The first-order valence-electron chi connectivity index (χ1n) is 5.98. The number of nitrogens with zero attached hydrogens (tertiary/aromatic N) is 2. The lowest BCUT2D eigenvalue weighted by molar-refractivity contribution is 0.415. The molecule has 0 aliphatic heterocycles. The molecule has 0 saturated carbocycles. The molecule has 94 valence electrons. The van der Waals surface area contributed by atoms with Crippen molar-refractivity contribution in [1.82, 2.24) is 10.2 Å². The van der Waals surface area contributed by atoms with E-state index in [1.54, 1.807) is 7.11 Å². The van der Waals surface area contributed by atoms with Gasteiger partial charge in [0.05, 0.1) is 18.5 Å². The highest BCUT2D eigenvalue weighted by Gasteiger charge is 2.06. The molecule has 18 heavy (non-hydrogen) atoms. The van der Waals surface area contributed by atoms with Crippen molar-refractivity contribution in [3.8, 4) is 17.0 Å². The van der Waals surface area contributed by atoms with Gasteiger partial charge in [0, 0.05) is 11.6 Å². The first-order valence-corrected chi connectivity index (χ1v) is 5.98. The summed E-state index contributed by atoms with van der Waals surface area (Å²) in [5.41, 5.74) is 8.58. The summed E-state index contributed by atoms with van der Waals surface area (Å²) in [7, 11) is 1.65. The highest BCUT2D eigenvalue weighted by Crippen LogP contribution is 2.21. The van der Waals surface area contributed by atoms with Gasteiger partial charge in [-0.2, -0.15) is 10.2 Å². The molecule has 0 fully saturated rings. The summed E-state index contributed by atoms with van der Waals surface area (Å²) in [6, 6.07) is 11.6. The van der Waals surface area contributed by atoms with Crippen LogP contribution in [0.3, 0.4) is 0 Å². The minimum absolute atomic E-state index is 0.0394. The Bertz CT molecular complexity index is 493. The van der Waals surface area contributed by atoms with Crippen LogP contribution in [0.5, 0.6) is 5.75 Å². The van der Waals surface area contributed by atoms with E-state index in [0.29, 0.717) is 0 Å². The molecule has 2 rings (SSSR count). The summed E-state index contributed by atoms with van der Waals surface area (Å²) in [5, 5.41) is 8.36. The SMILES string of the molecule is CCC(N)c1ccc(-c2ccc(OC)cc2)nn1. The summed E-state index contributed by atoms with van der Waals surface area (Å²) >= 11 is 0. The molecule has 1 aromatic heterocycles. The van der Waals surface area contributed by atoms with Crippen LogP contribution in [0.4, 0.5) is 0 Å². The van der Waals surface area contributed by atoms with Crippen LogP contribution in [0.15, 0.2) is 36.4 Å². The fourth-order valence-corrected chi connectivity index (χ4v) is 1.67. The number of hydrogen-bond donors (Lipinski definition) is 1. The van der Waals surface area contributed by atoms with E-state index >= 15 is 0 Å². The molecule has 0 aliphatic rings. The van der Waals surface area contributed by atoms with E-state index in [-0.39, 0.29) is 6.04 Å². The molecule has 0 saturated heterocycles. The van der Waals surface area contributed by atoms with Crippen LogP contribution in [0.2, 0.25) is 0 Å². The van der Waals surface area contributed by atoms with Gasteiger partial charge in [-0.05, 0) is 42.8 Å². The molecule has 0 spiro atoms. The maximum absolute atomic E-state index is 5.90. The van der Waals surface area contributed by atoms with Crippen molar-refractivity contribution >= 4 is 0 Å². The van der Waals surface area contributed by atoms with Crippen molar-refractivity contribution in [1.29, 1.82) is 0 Å². The number of nitrogens with two attached hydrogens (primary N) is 1. The normalized spacial score (nSPS) is 12.2. The summed E-state index contributed by atoms with van der Waals surface area (Å²) in [6.07, 6.45) is 0.858. The number of benzene rings is 1. The van der Waals surface area contributed by atoms with Crippen LogP contribution in [0.25, 0.3) is 11.3 Å². The molecule has 0 bridgehead atoms. The van der Waals surface area contributed by atoms with Crippen LogP contribution in [0.1, 0.15) is 25.1 Å². The average molecular weight is 243 g/mol. The van der Waals surface area contributed by atoms with Crippen molar-refractivity contribution in [2.24, 2.45) is 5.73 Å². The van der Waals surface area contributed by atoms with Crippen molar-refractivity contribution < 1.29 is 4.74 Å². The molecule has 0 amide bonds. The number of methoxy groups -OCH3 is 1. The number of aromatic nitrogens is 2. The van der Waals surface area contributed by atoms with Gasteiger partial charge in [-0.1, -0.05) is 6.92 Å². The molecule has 1 atom stereocenters. The zero-order valence-corrected chi connectivity index (χ0v) is 10.6. The van der Waals surface area contributed by atoms with Crippen LogP contribution < -0.4 is 10.5 Å². The highest BCUT2D eigenvalue weighted by atomic mass is 16.5. The maximum Gasteiger partial charge on any atom is 0.118 e. The molecule has 1 heterocycles. The number of rotatable bonds is 4. The Morgan fingerprint density at radius 2 is 1.83 bits per heavy atom. The third-order valence-electron chi connectivity index (χ3n) is 2.89. The van der Waals surface area contributed by atoms with Crippen molar-refractivity contribution in [2.45, 2.75) is 19.4 Å². The molecule has 1 aromatic carbocycles. The molecule has 4 nitrogen and oxygen atoms in total. The second-order valence-electron chi connectivity index (χ2n) is 4.09. The number of ether oxygens (including phenoxy) is 1. The maximum atomic E-state index is 5.90. The van der Waals surface area contributed by atoms with Gasteiger partial charge in [-0.3, -0.25) is 0 Å². The Hall–Kier alpha value is -1.94.